The van der Waals surface area contributed by atoms with Gasteiger partial charge in [0.2, 0.25) is 0 Å². The molecule has 2 N–H and O–H groups in total. The number of aryl methyl sites for hydroxylation is 1. The third-order valence-electron chi connectivity index (χ3n) is 4.39. The fourth-order valence-corrected chi connectivity index (χ4v) is 2.94. The Hall–Kier alpha value is -1.69. The van der Waals surface area contributed by atoms with E-state index in [4.69, 9.17) is 0 Å². The van der Waals surface area contributed by atoms with Crippen LogP contribution in [0, 0.1) is 12.8 Å². The van der Waals surface area contributed by atoms with Crippen LogP contribution < -0.4 is 10.9 Å². The molecule has 0 bridgehead atoms. The van der Waals surface area contributed by atoms with E-state index in [1.165, 1.54) is 23.4 Å². The van der Waals surface area contributed by atoms with Crippen LogP contribution in [0.25, 0.3) is 5.78 Å². The van der Waals surface area contributed by atoms with Gasteiger partial charge in [0.15, 0.2) is 0 Å². The van der Waals surface area contributed by atoms with Crippen molar-refractivity contribution in [1.29, 1.82) is 0 Å². The maximum atomic E-state index is 12.0. The average molecular weight is 275 g/mol. The second-order valence-corrected chi connectivity index (χ2v) is 6.21. The molecule has 6 nitrogen and oxygen atoms in total. The van der Waals surface area contributed by atoms with E-state index in [1.807, 2.05) is 6.92 Å². The number of nitrogens with one attached hydrogen (secondary N) is 2. The van der Waals surface area contributed by atoms with Crippen LogP contribution in [0.2, 0.25) is 0 Å². The van der Waals surface area contributed by atoms with Crippen molar-refractivity contribution in [2.75, 3.05) is 13.1 Å². The van der Waals surface area contributed by atoms with E-state index in [9.17, 15) is 4.79 Å². The molecule has 0 aromatic carbocycles. The van der Waals surface area contributed by atoms with E-state index in [1.54, 1.807) is 0 Å². The van der Waals surface area contributed by atoms with Gasteiger partial charge in [-0.1, -0.05) is 13.8 Å². The van der Waals surface area contributed by atoms with E-state index >= 15 is 0 Å². The standard InChI is InChI=1S/C14H21N5O/c1-9-7-11(20)19-13(16-9)17-12(18-19)14(2,3)10-5-4-6-15-8-10/h7,10,15H,4-6,8H2,1-3H3,(H,16,17,18). The van der Waals surface area contributed by atoms with Gasteiger partial charge in [0, 0.05) is 17.2 Å². The predicted molar refractivity (Wildman–Crippen MR) is 77.0 cm³/mol. The van der Waals surface area contributed by atoms with Gasteiger partial charge in [0.05, 0.1) is 0 Å². The van der Waals surface area contributed by atoms with Crippen molar-refractivity contribution in [3.63, 3.8) is 0 Å². The Bertz CT molecular complexity index is 678. The molecule has 1 aliphatic rings. The number of hydrogen-bond acceptors (Lipinski definition) is 4. The van der Waals surface area contributed by atoms with E-state index in [0.717, 1.165) is 18.9 Å². The van der Waals surface area contributed by atoms with E-state index in [0.29, 0.717) is 17.4 Å². The lowest BCUT2D eigenvalue weighted by Gasteiger charge is -2.35. The molecule has 1 aliphatic heterocycles. The molecule has 1 unspecified atom stereocenters. The first kappa shape index (κ1) is 13.3. The van der Waals surface area contributed by atoms with Crippen molar-refractivity contribution in [1.82, 2.24) is 24.9 Å². The van der Waals surface area contributed by atoms with E-state index in [2.05, 4.69) is 34.2 Å². The third kappa shape index (κ3) is 2.14. The molecular weight excluding hydrogens is 254 g/mol. The molecule has 0 spiro atoms. The summed E-state index contributed by atoms with van der Waals surface area (Å²) in [6, 6.07) is 1.52. The molecule has 108 valence electrons. The minimum atomic E-state index is -0.110. The van der Waals surface area contributed by atoms with Crippen molar-refractivity contribution in [3.8, 4) is 0 Å². The van der Waals surface area contributed by atoms with Gasteiger partial charge in [-0.3, -0.25) is 9.89 Å². The molecule has 0 amide bonds. The Balaban J connectivity index is 2.04. The summed E-state index contributed by atoms with van der Waals surface area (Å²) in [5, 5.41) is 6.57. The lowest BCUT2D eigenvalue weighted by molar-refractivity contribution is 0.241. The Labute approximate surface area is 117 Å². The van der Waals surface area contributed by atoms with Crippen molar-refractivity contribution >= 4 is 5.78 Å². The number of rotatable bonds is 2. The maximum absolute atomic E-state index is 12.0. The highest BCUT2D eigenvalue weighted by molar-refractivity contribution is 5.29. The second-order valence-electron chi connectivity index (χ2n) is 6.21. The molecule has 1 fully saturated rings. The quantitative estimate of drug-likeness (QED) is 0.857. The number of aromatic nitrogens is 4. The van der Waals surface area contributed by atoms with Crippen LogP contribution in [-0.4, -0.2) is 32.7 Å². The Morgan fingerprint density at radius 3 is 2.90 bits per heavy atom. The Kier molecular flexibility index (Phi) is 3.12. The number of piperidine rings is 1. The largest absolute Gasteiger partial charge is 0.316 e. The summed E-state index contributed by atoms with van der Waals surface area (Å²) >= 11 is 0. The molecule has 0 saturated carbocycles. The smallest absolute Gasteiger partial charge is 0.274 e. The average Bonchev–Trinajstić information content (AvgIpc) is 2.84. The summed E-state index contributed by atoms with van der Waals surface area (Å²) in [5.41, 5.74) is 0.482. The summed E-state index contributed by atoms with van der Waals surface area (Å²) in [6.07, 6.45) is 2.37. The molecule has 6 heteroatoms. The maximum Gasteiger partial charge on any atom is 0.274 e. The zero-order valence-corrected chi connectivity index (χ0v) is 12.2. The van der Waals surface area contributed by atoms with Crippen molar-refractivity contribution in [2.24, 2.45) is 5.92 Å². The van der Waals surface area contributed by atoms with Crippen molar-refractivity contribution in [3.05, 3.63) is 27.9 Å². The van der Waals surface area contributed by atoms with Gasteiger partial charge < -0.3 is 5.32 Å². The fraction of sp³-hybridized carbons (Fsp3) is 0.643. The summed E-state index contributed by atoms with van der Waals surface area (Å²) in [7, 11) is 0. The molecule has 0 radical (unpaired) electrons. The molecule has 3 rings (SSSR count). The molecule has 20 heavy (non-hydrogen) atoms. The van der Waals surface area contributed by atoms with Crippen LogP contribution in [-0.2, 0) is 5.41 Å². The zero-order valence-electron chi connectivity index (χ0n) is 12.2. The molecule has 1 atom stereocenters. The number of aromatic amines is 1. The normalized spacial score (nSPS) is 20.4. The monoisotopic (exact) mass is 275 g/mol. The fourth-order valence-electron chi connectivity index (χ4n) is 2.94. The van der Waals surface area contributed by atoms with Crippen LogP contribution in [0.4, 0.5) is 0 Å². The number of nitrogens with zero attached hydrogens (tertiary/aromatic N) is 3. The van der Waals surface area contributed by atoms with Gasteiger partial charge in [-0.15, -0.1) is 0 Å². The summed E-state index contributed by atoms with van der Waals surface area (Å²) in [4.78, 5) is 20.8. The highest BCUT2D eigenvalue weighted by Crippen LogP contribution is 2.33. The van der Waals surface area contributed by atoms with Gasteiger partial charge in [0.1, 0.15) is 5.82 Å². The van der Waals surface area contributed by atoms with Gasteiger partial charge in [-0.2, -0.15) is 9.50 Å². The topological polar surface area (TPSA) is 75.1 Å². The molecule has 2 aromatic heterocycles. The van der Waals surface area contributed by atoms with E-state index < -0.39 is 0 Å². The minimum Gasteiger partial charge on any atom is -0.316 e. The molecule has 1 saturated heterocycles. The number of fused-ring (bicyclic) bond motifs is 1. The van der Waals surface area contributed by atoms with Crippen LogP contribution in [0.15, 0.2) is 10.9 Å². The number of hydrogen-bond donors (Lipinski definition) is 2. The van der Waals surface area contributed by atoms with Crippen LogP contribution in [0.1, 0.15) is 38.2 Å². The van der Waals surface area contributed by atoms with Gasteiger partial charge in [0.25, 0.3) is 11.3 Å². The summed E-state index contributed by atoms with van der Waals surface area (Å²) in [5.74, 6) is 1.80. The first-order valence-electron chi connectivity index (χ1n) is 7.16. The Morgan fingerprint density at radius 1 is 1.40 bits per heavy atom. The van der Waals surface area contributed by atoms with Crippen molar-refractivity contribution < 1.29 is 0 Å². The van der Waals surface area contributed by atoms with Gasteiger partial charge in [-0.05, 0) is 38.8 Å². The first-order valence-corrected chi connectivity index (χ1v) is 7.16. The second kappa shape index (κ2) is 4.70. The van der Waals surface area contributed by atoms with Crippen molar-refractivity contribution in [2.45, 2.75) is 39.0 Å². The van der Waals surface area contributed by atoms with Crippen LogP contribution >= 0.6 is 0 Å². The van der Waals surface area contributed by atoms with E-state index in [-0.39, 0.29) is 11.0 Å². The third-order valence-corrected chi connectivity index (χ3v) is 4.39. The molecule has 0 aliphatic carbocycles. The first-order chi connectivity index (χ1) is 9.48. The van der Waals surface area contributed by atoms with Crippen LogP contribution in [0.5, 0.6) is 0 Å². The molecule has 3 heterocycles. The van der Waals surface area contributed by atoms with Gasteiger partial charge in [-0.25, -0.2) is 4.98 Å². The summed E-state index contributed by atoms with van der Waals surface area (Å²) < 4.78 is 1.43. The lowest BCUT2D eigenvalue weighted by Crippen LogP contribution is -2.41. The van der Waals surface area contributed by atoms with Crippen LogP contribution in [0.3, 0.4) is 0 Å². The SMILES string of the molecule is Cc1cc(=O)n2[nH]c(C(C)(C)C3CCCNC3)nc2n1. The molecular formula is C14H21N5O. The van der Waals surface area contributed by atoms with Gasteiger partial charge >= 0.3 is 0 Å². The summed E-state index contributed by atoms with van der Waals surface area (Å²) in [6.45, 7) is 8.25. The lowest BCUT2D eigenvalue weighted by atomic mass is 9.74. The Morgan fingerprint density at radius 2 is 2.20 bits per heavy atom. The minimum absolute atomic E-state index is 0.108. The molecule has 2 aromatic rings. The number of H-pyrrole nitrogens is 1. The predicted octanol–water partition coefficient (Wildman–Crippen LogP) is 1.00. The zero-order chi connectivity index (χ0) is 14.3. The highest BCUT2D eigenvalue weighted by Gasteiger charge is 2.35. The highest BCUT2D eigenvalue weighted by atomic mass is 16.1.